The van der Waals surface area contributed by atoms with Crippen molar-refractivity contribution in [1.29, 1.82) is 0 Å². The lowest BCUT2D eigenvalue weighted by Gasteiger charge is -2.13. The number of likely N-dealkylation sites (tertiary alicyclic amines) is 1. The third kappa shape index (κ3) is 4.51. The molecule has 7 nitrogen and oxygen atoms in total. The monoisotopic (exact) mass is 243 g/mol. The van der Waals surface area contributed by atoms with Crippen molar-refractivity contribution in [2.45, 2.75) is 12.2 Å². The Balaban J connectivity index is 2.25. The Kier molecular flexibility index (Phi) is 5.08. The number of amides is 3. The highest BCUT2D eigenvalue weighted by atomic mass is 16.3. The van der Waals surface area contributed by atoms with Crippen LogP contribution < -0.4 is 10.6 Å². The molecule has 1 rings (SSSR count). The summed E-state index contributed by atoms with van der Waals surface area (Å²) in [6, 6.07) is -0.588. The highest BCUT2D eigenvalue weighted by Gasteiger charge is 2.30. The van der Waals surface area contributed by atoms with Crippen LogP contribution in [-0.2, 0) is 4.79 Å². The summed E-state index contributed by atoms with van der Waals surface area (Å²) < 4.78 is 0. The van der Waals surface area contributed by atoms with Crippen LogP contribution in [0.25, 0.3) is 0 Å². The normalized spacial score (nSPS) is 24.4. The topological polar surface area (TPSA) is 102 Å². The van der Waals surface area contributed by atoms with Crippen molar-refractivity contribution in [1.82, 2.24) is 15.5 Å². The second-order valence-corrected chi connectivity index (χ2v) is 3.88. The standard InChI is InChI=1S/C10H17N3O4/c1-2-3-11-10(17)12-9(16)6-13-4-7(14)8(15)5-13/h2,7-8,14-15H,1,3-6H2,(H2,11,12,16,17)/t7-,8+. The number of β-amino-alcohol motifs (C(OH)–C–C–N with tert-alkyl or cyclic N) is 2. The Bertz CT molecular complexity index is 298. The highest BCUT2D eigenvalue weighted by Crippen LogP contribution is 2.08. The van der Waals surface area contributed by atoms with Gasteiger partial charge in [-0.3, -0.25) is 15.0 Å². The molecule has 0 aromatic carbocycles. The van der Waals surface area contributed by atoms with Crippen LogP contribution >= 0.6 is 0 Å². The molecule has 0 radical (unpaired) electrons. The Morgan fingerprint density at radius 3 is 2.47 bits per heavy atom. The number of hydrogen-bond donors (Lipinski definition) is 4. The lowest BCUT2D eigenvalue weighted by molar-refractivity contribution is -0.121. The molecule has 4 N–H and O–H groups in total. The van der Waals surface area contributed by atoms with Crippen LogP contribution in [0, 0.1) is 0 Å². The van der Waals surface area contributed by atoms with Crippen LogP contribution in [0.15, 0.2) is 12.7 Å². The Labute approximate surface area is 99.1 Å². The van der Waals surface area contributed by atoms with Crippen LogP contribution in [-0.4, -0.2) is 65.4 Å². The first-order valence-electron chi connectivity index (χ1n) is 5.30. The molecule has 0 unspecified atom stereocenters. The van der Waals surface area contributed by atoms with Gasteiger partial charge in [-0.15, -0.1) is 6.58 Å². The second kappa shape index (κ2) is 6.33. The van der Waals surface area contributed by atoms with Gasteiger partial charge >= 0.3 is 6.03 Å². The first kappa shape index (κ1) is 13.6. The maximum atomic E-state index is 11.4. The molecule has 1 saturated heterocycles. The summed E-state index contributed by atoms with van der Waals surface area (Å²) in [5.74, 6) is -0.479. The molecule has 0 aromatic rings. The maximum Gasteiger partial charge on any atom is 0.321 e. The minimum absolute atomic E-state index is 0.0321. The minimum Gasteiger partial charge on any atom is -0.389 e. The second-order valence-electron chi connectivity index (χ2n) is 3.88. The van der Waals surface area contributed by atoms with E-state index in [0.29, 0.717) is 0 Å². The highest BCUT2D eigenvalue weighted by molar-refractivity contribution is 5.95. The predicted octanol–water partition coefficient (Wildman–Crippen LogP) is -1.96. The van der Waals surface area contributed by atoms with Gasteiger partial charge in [-0.2, -0.15) is 0 Å². The molecular weight excluding hydrogens is 226 g/mol. The summed E-state index contributed by atoms with van der Waals surface area (Å²) in [6.45, 7) is 4.12. The van der Waals surface area contributed by atoms with Crippen LogP contribution in [0.3, 0.4) is 0 Å². The molecule has 1 fully saturated rings. The van der Waals surface area contributed by atoms with E-state index in [1.807, 2.05) is 0 Å². The fraction of sp³-hybridized carbons (Fsp3) is 0.600. The van der Waals surface area contributed by atoms with Gasteiger partial charge < -0.3 is 15.5 Å². The van der Waals surface area contributed by atoms with Crippen LogP contribution in [0.4, 0.5) is 4.79 Å². The summed E-state index contributed by atoms with van der Waals surface area (Å²) in [5.41, 5.74) is 0. The van der Waals surface area contributed by atoms with Gasteiger partial charge in [-0.05, 0) is 0 Å². The molecule has 0 aliphatic carbocycles. The zero-order valence-corrected chi connectivity index (χ0v) is 9.43. The third-order valence-electron chi connectivity index (χ3n) is 2.36. The molecule has 96 valence electrons. The van der Waals surface area contributed by atoms with E-state index in [0.717, 1.165) is 0 Å². The van der Waals surface area contributed by atoms with Crippen molar-refractivity contribution < 1.29 is 19.8 Å². The molecule has 2 atom stereocenters. The van der Waals surface area contributed by atoms with Gasteiger partial charge in [0.15, 0.2) is 0 Å². The van der Waals surface area contributed by atoms with E-state index >= 15 is 0 Å². The number of imide groups is 1. The number of nitrogens with one attached hydrogen (secondary N) is 2. The average molecular weight is 243 g/mol. The third-order valence-corrected chi connectivity index (χ3v) is 2.36. The molecule has 0 bridgehead atoms. The van der Waals surface area contributed by atoms with Gasteiger partial charge in [0.1, 0.15) is 0 Å². The van der Waals surface area contributed by atoms with Crippen molar-refractivity contribution in [3.63, 3.8) is 0 Å². The van der Waals surface area contributed by atoms with Gasteiger partial charge in [-0.25, -0.2) is 4.79 Å². The van der Waals surface area contributed by atoms with E-state index in [2.05, 4.69) is 17.2 Å². The zero-order valence-electron chi connectivity index (χ0n) is 9.43. The van der Waals surface area contributed by atoms with Crippen LogP contribution in [0.1, 0.15) is 0 Å². The SMILES string of the molecule is C=CCNC(=O)NC(=O)CN1C[C@@H](O)[C@@H](O)C1. The lowest BCUT2D eigenvalue weighted by Crippen LogP contribution is -2.44. The van der Waals surface area contributed by atoms with E-state index in [4.69, 9.17) is 0 Å². The molecule has 7 heteroatoms. The number of urea groups is 1. The summed E-state index contributed by atoms with van der Waals surface area (Å²) >= 11 is 0. The van der Waals surface area contributed by atoms with Crippen molar-refractivity contribution in [2.24, 2.45) is 0 Å². The number of hydrogen-bond acceptors (Lipinski definition) is 5. The fourth-order valence-corrected chi connectivity index (χ4v) is 1.55. The number of carbonyl (C=O) groups is 2. The first-order valence-corrected chi connectivity index (χ1v) is 5.30. The molecule has 1 heterocycles. The van der Waals surface area contributed by atoms with Crippen molar-refractivity contribution in [3.8, 4) is 0 Å². The molecule has 3 amide bonds. The zero-order chi connectivity index (χ0) is 12.8. The molecule has 1 aliphatic rings. The van der Waals surface area contributed by atoms with E-state index < -0.39 is 24.1 Å². The van der Waals surface area contributed by atoms with E-state index in [1.165, 1.54) is 6.08 Å². The number of carbonyl (C=O) groups excluding carboxylic acids is 2. The summed E-state index contributed by atoms with van der Waals surface area (Å²) in [6.07, 6.45) is -0.174. The van der Waals surface area contributed by atoms with Gasteiger partial charge in [0.05, 0.1) is 18.8 Å². The Morgan fingerprint density at radius 2 is 1.94 bits per heavy atom. The number of aliphatic hydroxyl groups excluding tert-OH is 2. The van der Waals surface area contributed by atoms with Gasteiger partial charge in [0.25, 0.3) is 0 Å². The summed E-state index contributed by atoms with van der Waals surface area (Å²) in [5, 5.41) is 23.1. The molecular formula is C10H17N3O4. The van der Waals surface area contributed by atoms with E-state index in [1.54, 1.807) is 4.90 Å². The van der Waals surface area contributed by atoms with Crippen molar-refractivity contribution in [3.05, 3.63) is 12.7 Å². The van der Waals surface area contributed by atoms with E-state index in [9.17, 15) is 19.8 Å². The minimum atomic E-state index is -0.836. The van der Waals surface area contributed by atoms with Gasteiger partial charge in [0, 0.05) is 19.6 Å². The van der Waals surface area contributed by atoms with Crippen LogP contribution in [0.5, 0.6) is 0 Å². The van der Waals surface area contributed by atoms with Gasteiger partial charge in [-0.1, -0.05) is 6.08 Å². The average Bonchev–Trinajstić information content (AvgIpc) is 2.54. The Morgan fingerprint density at radius 1 is 1.35 bits per heavy atom. The molecule has 0 spiro atoms. The number of rotatable bonds is 4. The maximum absolute atomic E-state index is 11.4. The molecule has 1 aliphatic heterocycles. The Hall–Kier alpha value is -1.44. The molecule has 0 saturated carbocycles. The van der Waals surface area contributed by atoms with E-state index in [-0.39, 0.29) is 26.2 Å². The quantitative estimate of drug-likeness (QED) is 0.429. The first-order chi connectivity index (χ1) is 8.02. The van der Waals surface area contributed by atoms with Crippen molar-refractivity contribution >= 4 is 11.9 Å². The summed E-state index contributed by atoms with van der Waals surface area (Å²) in [7, 11) is 0. The predicted molar refractivity (Wildman–Crippen MR) is 60.2 cm³/mol. The molecule has 0 aromatic heterocycles. The smallest absolute Gasteiger partial charge is 0.321 e. The van der Waals surface area contributed by atoms with Gasteiger partial charge in [0.2, 0.25) is 5.91 Å². The molecule has 17 heavy (non-hydrogen) atoms. The largest absolute Gasteiger partial charge is 0.389 e. The number of nitrogens with zero attached hydrogens (tertiary/aromatic N) is 1. The number of aliphatic hydroxyl groups is 2. The van der Waals surface area contributed by atoms with Crippen molar-refractivity contribution in [2.75, 3.05) is 26.2 Å². The summed E-state index contributed by atoms with van der Waals surface area (Å²) in [4.78, 5) is 24.1. The fourth-order valence-electron chi connectivity index (χ4n) is 1.55. The lowest BCUT2D eigenvalue weighted by atomic mass is 10.3. The van der Waals surface area contributed by atoms with Crippen LogP contribution in [0.2, 0.25) is 0 Å².